The van der Waals surface area contributed by atoms with Gasteiger partial charge in [0.1, 0.15) is 17.8 Å². The third-order valence-electron chi connectivity index (χ3n) is 6.13. The van der Waals surface area contributed by atoms with Crippen LogP contribution in [-0.4, -0.2) is 12.5 Å². The lowest BCUT2D eigenvalue weighted by Gasteiger charge is -2.27. The number of anilines is 1. The molecule has 1 aliphatic carbocycles. The second kappa shape index (κ2) is 8.87. The predicted octanol–water partition coefficient (Wildman–Crippen LogP) is 5.70. The largest absolute Gasteiger partial charge is 0.490 e. The van der Waals surface area contributed by atoms with Crippen molar-refractivity contribution in [3.8, 4) is 11.5 Å². The highest BCUT2D eigenvalue weighted by Gasteiger charge is 2.33. The molecule has 2 aliphatic rings. The Hall–Kier alpha value is -2.99. The average molecular weight is 449 g/mol. The van der Waals surface area contributed by atoms with E-state index in [9.17, 15) is 4.79 Å². The molecule has 32 heavy (non-hydrogen) atoms. The molecular formula is C26H28N2O3S. The Labute approximate surface area is 192 Å². The summed E-state index contributed by atoms with van der Waals surface area (Å²) in [6, 6.07) is 15.9. The first-order chi connectivity index (χ1) is 15.6. The zero-order chi connectivity index (χ0) is 22.1. The van der Waals surface area contributed by atoms with Crippen LogP contribution in [0.15, 0.2) is 48.5 Å². The van der Waals surface area contributed by atoms with Crippen LogP contribution in [-0.2, 0) is 19.4 Å². The van der Waals surface area contributed by atoms with E-state index in [1.807, 2.05) is 55.5 Å². The Morgan fingerprint density at radius 3 is 2.72 bits per heavy atom. The number of ether oxygens (including phenoxy) is 2. The van der Waals surface area contributed by atoms with Crippen LogP contribution in [0, 0.1) is 5.92 Å². The molecule has 0 radical (unpaired) electrons. The minimum atomic E-state index is -0.296. The summed E-state index contributed by atoms with van der Waals surface area (Å²) in [6.45, 7) is 5.25. The minimum Gasteiger partial charge on any atom is -0.490 e. The van der Waals surface area contributed by atoms with Gasteiger partial charge in [-0.05, 0) is 60.9 Å². The van der Waals surface area contributed by atoms with Gasteiger partial charge in [0.25, 0.3) is 5.91 Å². The average Bonchev–Trinajstić information content (AvgIpc) is 3.17. The van der Waals surface area contributed by atoms with Gasteiger partial charge in [-0.1, -0.05) is 43.3 Å². The summed E-state index contributed by atoms with van der Waals surface area (Å²) in [5, 5.41) is 7.68. The first-order valence-electron chi connectivity index (χ1n) is 11.3. The number of hydrogen-bond acceptors (Lipinski definition) is 5. The van der Waals surface area contributed by atoms with Crippen molar-refractivity contribution in [2.24, 2.45) is 5.92 Å². The van der Waals surface area contributed by atoms with Gasteiger partial charge in [0, 0.05) is 4.88 Å². The summed E-state index contributed by atoms with van der Waals surface area (Å²) < 4.78 is 11.9. The van der Waals surface area contributed by atoms with Gasteiger partial charge in [-0.2, -0.15) is 0 Å². The maximum absolute atomic E-state index is 13.0. The Morgan fingerprint density at radius 2 is 1.91 bits per heavy atom. The van der Waals surface area contributed by atoms with Crippen molar-refractivity contribution >= 4 is 22.2 Å². The zero-order valence-corrected chi connectivity index (χ0v) is 19.3. The number of fused-ring (bicyclic) bond motifs is 3. The first kappa shape index (κ1) is 20.9. The molecule has 0 bridgehead atoms. The number of benzene rings is 2. The van der Waals surface area contributed by atoms with E-state index in [4.69, 9.17) is 9.47 Å². The summed E-state index contributed by atoms with van der Waals surface area (Å²) in [4.78, 5) is 14.4. The second-order valence-corrected chi connectivity index (χ2v) is 9.63. The lowest BCUT2D eigenvalue weighted by atomic mass is 9.88. The van der Waals surface area contributed by atoms with Crippen LogP contribution >= 0.6 is 11.3 Å². The molecule has 1 aromatic heterocycles. The molecule has 6 heteroatoms. The van der Waals surface area contributed by atoms with Gasteiger partial charge in [-0.3, -0.25) is 4.79 Å². The molecule has 3 aromatic rings. The van der Waals surface area contributed by atoms with E-state index in [0.29, 0.717) is 30.6 Å². The smallest absolute Gasteiger partial charge is 0.256 e. The SMILES string of the molecule is CCOc1cc([C@H]2NC(=O)c3c(sc4c3CC[C@H](C)C4)N2)ccc1OCc1ccccc1. The third-order valence-corrected chi connectivity index (χ3v) is 7.31. The number of amides is 1. The van der Waals surface area contributed by atoms with Gasteiger partial charge in [0.2, 0.25) is 0 Å². The molecule has 0 saturated heterocycles. The van der Waals surface area contributed by atoms with Crippen LogP contribution in [0.1, 0.15) is 58.4 Å². The highest BCUT2D eigenvalue weighted by atomic mass is 32.1. The number of rotatable bonds is 6. The van der Waals surface area contributed by atoms with E-state index in [1.165, 1.54) is 10.4 Å². The van der Waals surface area contributed by atoms with E-state index in [1.54, 1.807) is 11.3 Å². The van der Waals surface area contributed by atoms with E-state index in [-0.39, 0.29) is 12.1 Å². The molecule has 166 valence electrons. The molecule has 2 heterocycles. The summed E-state index contributed by atoms with van der Waals surface area (Å²) in [6.07, 6.45) is 2.91. The lowest BCUT2D eigenvalue weighted by Crippen LogP contribution is -2.38. The fourth-order valence-electron chi connectivity index (χ4n) is 4.46. The number of carbonyl (C=O) groups is 1. The van der Waals surface area contributed by atoms with E-state index in [0.717, 1.165) is 41.0 Å². The maximum atomic E-state index is 13.0. The summed E-state index contributed by atoms with van der Waals surface area (Å²) in [5.41, 5.74) is 4.13. The highest BCUT2D eigenvalue weighted by molar-refractivity contribution is 7.16. The maximum Gasteiger partial charge on any atom is 0.256 e. The van der Waals surface area contributed by atoms with Gasteiger partial charge in [-0.25, -0.2) is 0 Å². The molecule has 0 spiro atoms. The molecule has 2 aromatic carbocycles. The van der Waals surface area contributed by atoms with Crippen molar-refractivity contribution < 1.29 is 14.3 Å². The second-order valence-electron chi connectivity index (χ2n) is 8.52. The monoisotopic (exact) mass is 448 g/mol. The molecule has 5 rings (SSSR count). The van der Waals surface area contributed by atoms with Crippen LogP contribution in [0.2, 0.25) is 0 Å². The first-order valence-corrected chi connectivity index (χ1v) is 12.1. The Balaban J connectivity index is 1.38. The molecule has 2 N–H and O–H groups in total. The Morgan fingerprint density at radius 1 is 1.06 bits per heavy atom. The van der Waals surface area contributed by atoms with Crippen LogP contribution in [0.4, 0.5) is 5.00 Å². The van der Waals surface area contributed by atoms with Crippen molar-refractivity contribution in [1.82, 2.24) is 5.32 Å². The Kier molecular flexibility index (Phi) is 5.79. The summed E-state index contributed by atoms with van der Waals surface area (Å²) >= 11 is 1.74. The molecule has 5 nitrogen and oxygen atoms in total. The standard InChI is InChI=1S/C26H28N2O3S/c1-3-30-21-14-18(10-12-20(21)31-15-17-7-5-4-6-8-17)24-27-25(29)23-19-11-9-16(2)13-22(19)32-26(23)28-24/h4-8,10,12,14,16,24,28H,3,9,11,13,15H2,1-2H3,(H,27,29)/t16-,24-/m0/s1. The van der Waals surface area contributed by atoms with E-state index >= 15 is 0 Å². The Bertz CT molecular complexity index is 1130. The van der Waals surface area contributed by atoms with E-state index in [2.05, 4.69) is 17.6 Å². The fraction of sp³-hybridized carbons (Fsp3) is 0.346. The van der Waals surface area contributed by atoms with Crippen molar-refractivity contribution in [3.63, 3.8) is 0 Å². The lowest BCUT2D eigenvalue weighted by molar-refractivity contribution is 0.0935. The van der Waals surface area contributed by atoms with Crippen LogP contribution in [0.25, 0.3) is 0 Å². The van der Waals surface area contributed by atoms with Gasteiger partial charge >= 0.3 is 0 Å². The van der Waals surface area contributed by atoms with Gasteiger partial charge in [0.15, 0.2) is 11.5 Å². The summed E-state index contributed by atoms with van der Waals surface area (Å²) in [5.74, 6) is 2.07. The molecular weight excluding hydrogens is 420 g/mol. The van der Waals surface area contributed by atoms with E-state index < -0.39 is 0 Å². The predicted molar refractivity (Wildman–Crippen MR) is 128 cm³/mol. The van der Waals surface area contributed by atoms with Gasteiger partial charge in [0.05, 0.1) is 12.2 Å². The van der Waals surface area contributed by atoms with Crippen LogP contribution in [0.5, 0.6) is 11.5 Å². The van der Waals surface area contributed by atoms with Crippen molar-refractivity contribution in [2.45, 2.75) is 45.9 Å². The molecule has 2 atom stereocenters. The fourth-order valence-corrected chi connectivity index (χ4v) is 5.89. The normalized spacial score (nSPS) is 19.4. The third kappa shape index (κ3) is 4.07. The summed E-state index contributed by atoms with van der Waals surface area (Å²) in [7, 11) is 0. The number of nitrogens with one attached hydrogen (secondary N) is 2. The molecule has 0 fully saturated rings. The number of hydrogen-bond donors (Lipinski definition) is 2. The number of thiophene rings is 1. The molecule has 0 unspecified atom stereocenters. The molecule has 1 amide bonds. The van der Waals surface area contributed by atoms with Gasteiger partial charge in [-0.15, -0.1) is 11.3 Å². The van der Waals surface area contributed by atoms with Crippen LogP contribution in [0.3, 0.4) is 0 Å². The van der Waals surface area contributed by atoms with Crippen LogP contribution < -0.4 is 20.1 Å². The molecule has 1 aliphatic heterocycles. The highest BCUT2D eigenvalue weighted by Crippen LogP contribution is 2.43. The van der Waals surface area contributed by atoms with Gasteiger partial charge < -0.3 is 20.1 Å². The minimum absolute atomic E-state index is 0.0122. The molecule has 0 saturated carbocycles. The zero-order valence-electron chi connectivity index (χ0n) is 18.4. The topological polar surface area (TPSA) is 59.6 Å². The van der Waals surface area contributed by atoms with Crippen molar-refractivity contribution in [3.05, 3.63) is 75.7 Å². The quantitative estimate of drug-likeness (QED) is 0.507. The van der Waals surface area contributed by atoms with Crippen molar-refractivity contribution in [2.75, 3.05) is 11.9 Å². The number of carbonyl (C=O) groups excluding carboxylic acids is 1. The van der Waals surface area contributed by atoms with Crippen molar-refractivity contribution in [1.29, 1.82) is 0 Å².